The summed E-state index contributed by atoms with van der Waals surface area (Å²) in [5.41, 5.74) is 3.90. The van der Waals surface area contributed by atoms with Gasteiger partial charge in [-0.25, -0.2) is 0 Å². The zero-order valence-electron chi connectivity index (χ0n) is 27.0. The molecule has 2 aliphatic rings. The van der Waals surface area contributed by atoms with Crippen LogP contribution in [0.5, 0.6) is 0 Å². The average molecular weight is 650 g/mol. The molecule has 2 atom stereocenters. The van der Waals surface area contributed by atoms with Crippen molar-refractivity contribution in [1.29, 1.82) is 0 Å². The second-order valence-corrected chi connectivity index (χ2v) is 14.0. The van der Waals surface area contributed by atoms with E-state index in [1.54, 1.807) is 0 Å². The predicted molar refractivity (Wildman–Crippen MR) is 175 cm³/mol. The number of hydrogen-bond acceptors (Lipinski definition) is 3. The second kappa shape index (κ2) is 17.2. The highest BCUT2D eigenvalue weighted by molar-refractivity contribution is 6.30. The number of carboxylic acid groups (broad SMARTS) is 1. The predicted octanol–water partition coefficient (Wildman–Crippen LogP) is 11.0. The van der Waals surface area contributed by atoms with Gasteiger partial charge in [-0.05, 0) is 111 Å². The fraction of sp³-hybridized carbons (Fsp3) is 0.649. The van der Waals surface area contributed by atoms with Gasteiger partial charge in [-0.15, -0.1) is 13.2 Å². The van der Waals surface area contributed by atoms with Crippen LogP contribution in [0, 0.1) is 12.8 Å². The van der Waals surface area contributed by atoms with Gasteiger partial charge in [-0.3, -0.25) is 14.4 Å². The van der Waals surface area contributed by atoms with Gasteiger partial charge in [0.25, 0.3) is 0 Å². The molecule has 4 rings (SSSR count). The quantitative estimate of drug-likeness (QED) is 0.234. The van der Waals surface area contributed by atoms with Crippen LogP contribution in [0.4, 0.5) is 13.2 Å². The van der Waals surface area contributed by atoms with Crippen molar-refractivity contribution in [3.63, 3.8) is 0 Å². The number of halogens is 4. The number of likely N-dealkylation sites (N-methyl/N-ethyl adjacent to an activating group) is 1. The highest BCUT2D eigenvalue weighted by atomic mass is 35.5. The van der Waals surface area contributed by atoms with Crippen LogP contribution in [0.1, 0.15) is 136 Å². The number of carboxylic acids is 1. The third-order valence-electron chi connectivity index (χ3n) is 10.2. The number of alkyl halides is 3. The van der Waals surface area contributed by atoms with Crippen LogP contribution in [0.3, 0.4) is 0 Å². The third-order valence-corrected chi connectivity index (χ3v) is 10.5. The summed E-state index contributed by atoms with van der Waals surface area (Å²) < 4.78 is 42.7. The van der Waals surface area contributed by atoms with Crippen LogP contribution in [-0.4, -0.2) is 42.0 Å². The lowest BCUT2D eigenvalue weighted by Crippen LogP contribution is -2.34. The van der Waals surface area contributed by atoms with E-state index in [1.807, 2.05) is 55.3 Å². The summed E-state index contributed by atoms with van der Waals surface area (Å²) in [7, 11) is 1.88. The van der Waals surface area contributed by atoms with Crippen LogP contribution in [0.2, 0.25) is 5.02 Å². The van der Waals surface area contributed by atoms with Crippen molar-refractivity contribution in [2.24, 2.45) is 5.92 Å². The molecule has 2 aliphatic carbocycles. The minimum Gasteiger partial charge on any atom is -0.480 e. The van der Waals surface area contributed by atoms with E-state index >= 15 is 0 Å². The van der Waals surface area contributed by atoms with Crippen molar-refractivity contribution in [2.75, 3.05) is 13.6 Å². The number of aliphatic carboxylic acids is 1. The first-order valence-corrected chi connectivity index (χ1v) is 17.4. The summed E-state index contributed by atoms with van der Waals surface area (Å²) in [6.45, 7) is 2.57. The molecule has 2 saturated carbocycles. The Morgan fingerprint density at radius 1 is 0.978 bits per heavy atom. The van der Waals surface area contributed by atoms with E-state index in [9.17, 15) is 23.1 Å². The van der Waals surface area contributed by atoms with Crippen molar-refractivity contribution in [1.82, 2.24) is 4.90 Å². The van der Waals surface area contributed by atoms with Gasteiger partial charge in [0, 0.05) is 5.02 Å². The molecule has 0 aliphatic heterocycles. The third kappa shape index (κ3) is 11.0. The molecule has 2 aromatic rings. The Kier molecular flexibility index (Phi) is 13.6. The van der Waals surface area contributed by atoms with E-state index in [0.29, 0.717) is 37.3 Å². The molecular weight excluding hydrogens is 599 g/mol. The van der Waals surface area contributed by atoms with Crippen LogP contribution in [-0.2, 0) is 9.53 Å². The van der Waals surface area contributed by atoms with Crippen molar-refractivity contribution in [3.05, 3.63) is 69.7 Å². The summed E-state index contributed by atoms with van der Waals surface area (Å²) in [5, 5.41) is 11.2. The Hall–Kier alpha value is -2.09. The fourth-order valence-corrected chi connectivity index (χ4v) is 8.12. The van der Waals surface area contributed by atoms with Crippen molar-refractivity contribution in [3.8, 4) is 0 Å². The first-order valence-electron chi connectivity index (χ1n) is 17.0. The molecule has 0 heterocycles. The summed E-state index contributed by atoms with van der Waals surface area (Å²) in [4.78, 5) is 14.8. The molecule has 0 aromatic heterocycles. The molecule has 4 nitrogen and oxygen atoms in total. The van der Waals surface area contributed by atoms with Crippen LogP contribution in [0.25, 0.3) is 0 Å². The van der Waals surface area contributed by atoms with Crippen molar-refractivity contribution < 1.29 is 27.8 Å². The Bertz CT molecular complexity index is 1210. The van der Waals surface area contributed by atoms with Gasteiger partial charge < -0.3 is 5.11 Å². The van der Waals surface area contributed by atoms with Gasteiger partial charge in [-0.2, -0.15) is 0 Å². The molecule has 1 N–H and O–H groups in total. The first kappa shape index (κ1) is 35.8. The largest absolute Gasteiger partial charge is 0.522 e. The van der Waals surface area contributed by atoms with E-state index < -0.39 is 24.5 Å². The number of carbonyl (C=O) groups is 1. The van der Waals surface area contributed by atoms with Crippen LogP contribution < -0.4 is 0 Å². The fourth-order valence-electron chi connectivity index (χ4n) is 7.93. The maximum absolute atomic E-state index is 12.9. The Morgan fingerprint density at radius 2 is 1.64 bits per heavy atom. The molecule has 1 unspecified atom stereocenters. The molecule has 0 amide bonds. The minimum absolute atomic E-state index is 0.00275. The van der Waals surface area contributed by atoms with E-state index in [0.717, 1.165) is 41.9 Å². The van der Waals surface area contributed by atoms with Crippen molar-refractivity contribution in [2.45, 2.75) is 134 Å². The first-order chi connectivity index (χ1) is 21.5. The molecule has 8 heteroatoms. The molecule has 2 aromatic carbocycles. The molecular formula is C37H51ClF3NO3. The molecule has 0 radical (unpaired) electrons. The molecule has 45 heavy (non-hydrogen) atoms. The van der Waals surface area contributed by atoms with Gasteiger partial charge in [-0.1, -0.05) is 99.7 Å². The molecule has 2 fully saturated rings. The Morgan fingerprint density at radius 3 is 2.29 bits per heavy atom. The minimum atomic E-state index is -4.64. The lowest BCUT2D eigenvalue weighted by atomic mass is 9.77. The van der Waals surface area contributed by atoms with Crippen molar-refractivity contribution >= 4 is 17.6 Å². The Balaban J connectivity index is 1.46. The zero-order chi connectivity index (χ0) is 32.4. The summed E-state index contributed by atoms with van der Waals surface area (Å²) in [6.07, 6.45) is 9.86. The zero-order valence-corrected chi connectivity index (χ0v) is 27.7. The lowest BCUT2D eigenvalue weighted by Gasteiger charge is -2.34. The summed E-state index contributed by atoms with van der Waals surface area (Å²) in [5.74, 6) is 0.160. The standard InChI is InChI=1S/C37H51ClF3NO3/c1-26-11-8-18-33(34(26)29-19-21-32(22-20-29)45-37(39,40)41)35(36(43)44)42(2)24-23-28(30-16-10-17-31(38)25-30)15-9-14-27-12-6-4-3-5-7-13-27/h8,10-11,16-18,25,27-29,32,35H,3-7,9,12-15,19-24H2,1-2H3,(H,43,44)/t28-,29?,32?,35?/m0/s1. The number of aryl methyl sites for hydroxylation is 1. The second-order valence-electron chi connectivity index (χ2n) is 13.5. The van der Waals surface area contributed by atoms with E-state index in [2.05, 4.69) is 10.8 Å². The topological polar surface area (TPSA) is 49.8 Å². The van der Waals surface area contributed by atoms with Gasteiger partial charge in [0.1, 0.15) is 6.04 Å². The number of rotatable bonds is 13. The smallest absolute Gasteiger partial charge is 0.480 e. The van der Waals surface area contributed by atoms with Crippen LogP contribution in [0.15, 0.2) is 42.5 Å². The van der Waals surface area contributed by atoms with Gasteiger partial charge in [0.2, 0.25) is 0 Å². The molecule has 0 spiro atoms. The monoisotopic (exact) mass is 649 g/mol. The normalized spacial score (nSPS) is 21.7. The molecule has 0 bridgehead atoms. The highest BCUT2D eigenvalue weighted by Gasteiger charge is 2.37. The van der Waals surface area contributed by atoms with E-state index in [1.165, 1.54) is 56.9 Å². The van der Waals surface area contributed by atoms with E-state index in [-0.39, 0.29) is 11.8 Å². The summed E-state index contributed by atoms with van der Waals surface area (Å²) >= 11 is 6.41. The number of ether oxygens (including phenoxy) is 1. The molecule has 0 saturated heterocycles. The van der Waals surface area contributed by atoms with Gasteiger partial charge >= 0.3 is 12.3 Å². The van der Waals surface area contributed by atoms with Gasteiger partial charge in [0.05, 0.1) is 6.10 Å². The number of hydrogen-bond donors (Lipinski definition) is 1. The Labute approximate surface area is 272 Å². The number of nitrogens with zero attached hydrogens (tertiary/aromatic N) is 1. The maximum Gasteiger partial charge on any atom is 0.522 e. The maximum atomic E-state index is 12.9. The highest BCUT2D eigenvalue weighted by Crippen LogP contribution is 2.41. The van der Waals surface area contributed by atoms with Gasteiger partial charge in [0.15, 0.2) is 0 Å². The van der Waals surface area contributed by atoms with E-state index in [4.69, 9.17) is 11.6 Å². The van der Waals surface area contributed by atoms with Crippen LogP contribution >= 0.6 is 11.6 Å². The summed E-state index contributed by atoms with van der Waals surface area (Å²) in [6, 6.07) is 13.0. The number of benzene rings is 2. The average Bonchev–Trinajstić information content (AvgIpc) is 2.95. The molecule has 250 valence electrons. The SMILES string of the molecule is Cc1cccc(C(C(=O)O)N(C)CC[C@H](CCCC2CCCCCCC2)c2cccc(Cl)c2)c1C1CCC(OC(F)(F)F)CC1. The lowest BCUT2D eigenvalue weighted by molar-refractivity contribution is -0.345.